The van der Waals surface area contributed by atoms with Gasteiger partial charge in [0.05, 0.1) is 5.52 Å². The second-order valence-electron chi connectivity index (χ2n) is 7.24. The first-order chi connectivity index (χ1) is 12.9. The summed E-state index contributed by atoms with van der Waals surface area (Å²) in [5.74, 6) is 0. The van der Waals surface area contributed by atoms with Crippen molar-refractivity contribution in [2.45, 2.75) is 19.9 Å². The van der Waals surface area contributed by atoms with Crippen molar-refractivity contribution in [3.05, 3.63) is 83.9 Å². The van der Waals surface area contributed by atoms with Gasteiger partial charge in [0.2, 0.25) is 0 Å². The minimum atomic E-state index is 0.987. The summed E-state index contributed by atoms with van der Waals surface area (Å²) in [6.07, 6.45) is 1.04. The lowest BCUT2D eigenvalue weighted by molar-refractivity contribution is 0.829. The molecule has 0 unspecified atom stereocenters. The Labute approximate surface area is 152 Å². The van der Waals surface area contributed by atoms with E-state index < -0.39 is 0 Å². The number of fused-ring (bicyclic) bond motifs is 9. The fourth-order valence-corrected chi connectivity index (χ4v) is 4.92. The zero-order chi connectivity index (χ0) is 17.3. The molecular weight excluding hydrogens is 314 g/mol. The van der Waals surface area contributed by atoms with Gasteiger partial charge in [0.15, 0.2) is 0 Å². The second kappa shape index (κ2) is 4.98. The van der Waals surface area contributed by atoms with Crippen LogP contribution in [-0.2, 0) is 13.0 Å². The monoisotopic (exact) mass is 333 g/mol. The van der Waals surface area contributed by atoms with E-state index in [0.717, 1.165) is 13.0 Å². The number of benzene rings is 4. The SMILES string of the molecule is CCn1c2ccccc2c2ccc3c4c(ccc3c21)-c1ccccc1C4. The number of nitrogens with zero attached hydrogens (tertiary/aromatic N) is 1. The highest BCUT2D eigenvalue weighted by atomic mass is 15.0. The first-order valence-electron chi connectivity index (χ1n) is 9.40. The summed E-state index contributed by atoms with van der Waals surface area (Å²) in [6.45, 7) is 3.23. The largest absolute Gasteiger partial charge is 0.340 e. The van der Waals surface area contributed by atoms with Crippen LogP contribution in [-0.4, -0.2) is 4.57 Å². The molecule has 0 saturated carbocycles. The number of hydrogen-bond acceptors (Lipinski definition) is 0. The molecule has 1 heterocycles. The summed E-state index contributed by atoms with van der Waals surface area (Å²) in [5, 5.41) is 5.51. The highest BCUT2D eigenvalue weighted by Crippen LogP contribution is 2.43. The van der Waals surface area contributed by atoms with Crippen molar-refractivity contribution >= 4 is 32.6 Å². The van der Waals surface area contributed by atoms with Gasteiger partial charge in [-0.3, -0.25) is 0 Å². The summed E-state index contributed by atoms with van der Waals surface area (Å²) < 4.78 is 2.47. The average Bonchev–Trinajstić information content (AvgIpc) is 3.23. The van der Waals surface area contributed by atoms with Crippen molar-refractivity contribution < 1.29 is 0 Å². The van der Waals surface area contributed by atoms with Crippen molar-refractivity contribution in [1.29, 1.82) is 0 Å². The predicted molar refractivity (Wildman–Crippen MR) is 111 cm³/mol. The van der Waals surface area contributed by atoms with Gasteiger partial charge in [-0.25, -0.2) is 0 Å². The van der Waals surface area contributed by atoms with Crippen LogP contribution in [0.1, 0.15) is 18.1 Å². The summed E-state index contributed by atoms with van der Waals surface area (Å²) in [6, 6.07) is 26.9. The van der Waals surface area contributed by atoms with E-state index >= 15 is 0 Å². The molecule has 0 aliphatic heterocycles. The third-order valence-corrected chi connectivity index (χ3v) is 6.03. The number of para-hydroxylation sites is 1. The van der Waals surface area contributed by atoms with E-state index in [-0.39, 0.29) is 0 Å². The van der Waals surface area contributed by atoms with Crippen LogP contribution >= 0.6 is 0 Å². The molecule has 1 nitrogen and oxygen atoms in total. The van der Waals surface area contributed by atoms with Crippen molar-refractivity contribution in [2.75, 3.05) is 0 Å². The molecule has 0 N–H and O–H groups in total. The lowest BCUT2D eigenvalue weighted by Gasteiger charge is -2.10. The van der Waals surface area contributed by atoms with E-state index in [9.17, 15) is 0 Å². The van der Waals surface area contributed by atoms with E-state index in [0.29, 0.717) is 0 Å². The Kier molecular flexibility index (Phi) is 2.71. The van der Waals surface area contributed by atoms with Crippen LogP contribution in [0.2, 0.25) is 0 Å². The summed E-state index contributed by atoms with van der Waals surface area (Å²) in [5.41, 5.74) is 8.46. The fourth-order valence-electron chi connectivity index (χ4n) is 4.92. The van der Waals surface area contributed by atoms with Gasteiger partial charge in [-0.15, -0.1) is 0 Å². The van der Waals surface area contributed by atoms with Gasteiger partial charge in [-0.2, -0.15) is 0 Å². The lowest BCUT2D eigenvalue weighted by Crippen LogP contribution is -1.94. The van der Waals surface area contributed by atoms with Crippen LogP contribution in [0, 0.1) is 0 Å². The predicted octanol–water partition coefficient (Wildman–Crippen LogP) is 6.54. The van der Waals surface area contributed by atoms with E-state index in [4.69, 9.17) is 0 Å². The highest BCUT2D eigenvalue weighted by Gasteiger charge is 2.21. The Hall–Kier alpha value is -3.06. The Bertz CT molecular complexity index is 1340. The maximum atomic E-state index is 2.47. The number of hydrogen-bond donors (Lipinski definition) is 0. The van der Waals surface area contributed by atoms with Crippen molar-refractivity contribution in [2.24, 2.45) is 0 Å². The number of rotatable bonds is 1. The van der Waals surface area contributed by atoms with E-state index in [1.165, 1.54) is 54.8 Å². The number of aromatic nitrogens is 1. The third kappa shape index (κ3) is 1.65. The molecule has 5 aromatic rings. The van der Waals surface area contributed by atoms with E-state index in [1.807, 2.05) is 0 Å². The quantitative estimate of drug-likeness (QED) is 0.322. The van der Waals surface area contributed by atoms with Crippen molar-refractivity contribution in [1.82, 2.24) is 4.57 Å². The van der Waals surface area contributed by atoms with E-state index in [1.54, 1.807) is 0 Å². The summed E-state index contributed by atoms with van der Waals surface area (Å²) in [7, 11) is 0. The minimum Gasteiger partial charge on any atom is -0.340 e. The molecule has 1 heteroatoms. The van der Waals surface area contributed by atoms with Crippen LogP contribution in [0.3, 0.4) is 0 Å². The molecule has 0 atom stereocenters. The van der Waals surface area contributed by atoms with Gasteiger partial charge in [0.1, 0.15) is 0 Å². The molecule has 1 aliphatic rings. The average molecular weight is 333 g/mol. The maximum absolute atomic E-state index is 2.47. The fraction of sp³-hybridized carbons (Fsp3) is 0.120. The van der Waals surface area contributed by atoms with Gasteiger partial charge in [-0.1, -0.05) is 66.7 Å². The van der Waals surface area contributed by atoms with Gasteiger partial charge < -0.3 is 4.57 Å². The van der Waals surface area contributed by atoms with Crippen LogP contribution < -0.4 is 0 Å². The van der Waals surface area contributed by atoms with Gasteiger partial charge >= 0.3 is 0 Å². The molecule has 0 radical (unpaired) electrons. The first kappa shape index (κ1) is 14.1. The first-order valence-corrected chi connectivity index (χ1v) is 9.40. The Morgan fingerprint density at radius 1 is 0.692 bits per heavy atom. The van der Waals surface area contributed by atoms with Gasteiger partial charge in [0.25, 0.3) is 0 Å². The van der Waals surface area contributed by atoms with E-state index in [2.05, 4.69) is 84.3 Å². The van der Waals surface area contributed by atoms with Crippen LogP contribution in [0.25, 0.3) is 43.7 Å². The molecule has 0 amide bonds. The second-order valence-corrected chi connectivity index (χ2v) is 7.24. The molecule has 0 fully saturated rings. The standard InChI is InChI=1S/C25H19N/c1-2-26-24-10-6-5-9-20(24)22-14-12-19-21(25(22)26)13-11-18-17-8-4-3-7-16(17)15-23(18)19/h3-14H,2,15H2,1H3. The normalized spacial score (nSPS) is 12.8. The molecular formula is C25H19N. The highest BCUT2D eigenvalue weighted by molar-refractivity contribution is 6.19. The van der Waals surface area contributed by atoms with Crippen LogP contribution in [0.4, 0.5) is 0 Å². The third-order valence-electron chi connectivity index (χ3n) is 6.03. The number of aryl methyl sites for hydroxylation is 1. The molecule has 6 rings (SSSR count). The zero-order valence-corrected chi connectivity index (χ0v) is 14.8. The van der Waals surface area contributed by atoms with Crippen LogP contribution in [0.5, 0.6) is 0 Å². The van der Waals surface area contributed by atoms with Gasteiger partial charge in [-0.05, 0) is 47.1 Å². The molecule has 4 aromatic carbocycles. The van der Waals surface area contributed by atoms with Crippen LogP contribution in [0.15, 0.2) is 72.8 Å². The molecule has 0 spiro atoms. The molecule has 26 heavy (non-hydrogen) atoms. The molecule has 124 valence electrons. The Balaban J connectivity index is 1.78. The lowest BCUT2D eigenvalue weighted by atomic mass is 9.97. The van der Waals surface area contributed by atoms with Gasteiger partial charge in [0, 0.05) is 28.2 Å². The summed E-state index contributed by atoms with van der Waals surface area (Å²) >= 11 is 0. The topological polar surface area (TPSA) is 4.93 Å². The molecule has 0 saturated heterocycles. The Morgan fingerprint density at radius 3 is 2.35 bits per heavy atom. The maximum Gasteiger partial charge on any atom is 0.0571 e. The minimum absolute atomic E-state index is 0.987. The summed E-state index contributed by atoms with van der Waals surface area (Å²) in [4.78, 5) is 0. The zero-order valence-electron chi connectivity index (χ0n) is 14.8. The molecule has 0 bridgehead atoms. The molecule has 1 aromatic heterocycles. The smallest absolute Gasteiger partial charge is 0.0571 e. The Morgan fingerprint density at radius 2 is 1.42 bits per heavy atom. The van der Waals surface area contributed by atoms with Crippen molar-refractivity contribution in [3.8, 4) is 11.1 Å². The van der Waals surface area contributed by atoms with Crippen molar-refractivity contribution in [3.63, 3.8) is 0 Å². The molecule has 1 aliphatic carbocycles.